The zero-order chi connectivity index (χ0) is 14.5. The molecule has 1 saturated heterocycles. The third kappa shape index (κ3) is 3.82. The van der Waals surface area contributed by atoms with Crippen molar-refractivity contribution in [3.05, 3.63) is 23.7 Å². The van der Waals surface area contributed by atoms with Gasteiger partial charge in [0, 0.05) is 26.2 Å². The maximum atomic E-state index is 12.0. The number of aromatic carboxylic acids is 1. The molecule has 1 aliphatic heterocycles. The van der Waals surface area contributed by atoms with E-state index in [0.717, 1.165) is 26.2 Å². The first-order chi connectivity index (χ1) is 9.56. The topological polar surface area (TPSA) is 86.0 Å². The molecule has 1 amide bonds. The zero-order valence-electron chi connectivity index (χ0n) is 11.5. The molecule has 0 atom stereocenters. The average molecular weight is 281 g/mol. The minimum Gasteiger partial charge on any atom is -0.475 e. The van der Waals surface area contributed by atoms with E-state index in [1.807, 2.05) is 16.8 Å². The van der Waals surface area contributed by atoms with E-state index in [1.165, 1.54) is 6.07 Å². The lowest BCUT2D eigenvalue weighted by molar-refractivity contribution is -0.132. The molecule has 0 spiro atoms. The van der Waals surface area contributed by atoms with Gasteiger partial charge in [-0.25, -0.2) is 4.79 Å². The third-order valence-electron chi connectivity index (χ3n) is 3.17. The second-order valence-corrected chi connectivity index (χ2v) is 4.87. The summed E-state index contributed by atoms with van der Waals surface area (Å²) >= 11 is 0. The Balaban J connectivity index is 1.83. The molecule has 0 aliphatic carbocycles. The minimum atomic E-state index is -1.09. The van der Waals surface area contributed by atoms with Gasteiger partial charge in [0.05, 0.1) is 13.1 Å². The van der Waals surface area contributed by atoms with E-state index < -0.39 is 5.97 Å². The average Bonchev–Trinajstić information content (AvgIpc) is 2.88. The van der Waals surface area contributed by atoms with Crippen LogP contribution in [0.3, 0.4) is 0 Å². The van der Waals surface area contributed by atoms with Crippen molar-refractivity contribution >= 4 is 11.9 Å². The second-order valence-electron chi connectivity index (χ2n) is 4.87. The molecule has 110 valence electrons. The molecule has 20 heavy (non-hydrogen) atoms. The van der Waals surface area contributed by atoms with Crippen molar-refractivity contribution in [3.8, 4) is 0 Å². The Morgan fingerprint density at radius 1 is 1.40 bits per heavy atom. The highest BCUT2D eigenvalue weighted by atomic mass is 16.4. The van der Waals surface area contributed by atoms with Crippen molar-refractivity contribution in [2.45, 2.75) is 6.54 Å². The highest BCUT2D eigenvalue weighted by Gasteiger charge is 2.18. The number of carbonyl (C=O) groups is 2. The molecule has 1 aromatic rings. The summed E-state index contributed by atoms with van der Waals surface area (Å²) in [4.78, 5) is 26.4. The van der Waals surface area contributed by atoms with Gasteiger partial charge in [-0.1, -0.05) is 0 Å². The maximum absolute atomic E-state index is 12.0. The molecule has 1 aromatic heterocycles. The fourth-order valence-electron chi connectivity index (χ4n) is 2.14. The van der Waals surface area contributed by atoms with Gasteiger partial charge in [0.15, 0.2) is 0 Å². The summed E-state index contributed by atoms with van der Waals surface area (Å²) in [5.74, 6) is -0.547. The van der Waals surface area contributed by atoms with Gasteiger partial charge in [0.1, 0.15) is 5.76 Å². The summed E-state index contributed by atoms with van der Waals surface area (Å²) in [5, 5.41) is 12.0. The van der Waals surface area contributed by atoms with E-state index in [2.05, 4.69) is 5.32 Å². The van der Waals surface area contributed by atoms with Crippen LogP contribution >= 0.6 is 0 Å². The molecule has 2 N–H and O–H groups in total. The Labute approximate surface area is 117 Å². The van der Waals surface area contributed by atoms with Crippen LogP contribution in [0.1, 0.15) is 16.3 Å². The summed E-state index contributed by atoms with van der Waals surface area (Å²) in [7, 11) is 1.81. The van der Waals surface area contributed by atoms with Crippen LogP contribution in [-0.2, 0) is 11.3 Å². The van der Waals surface area contributed by atoms with Crippen molar-refractivity contribution in [1.82, 2.24) is 15.1 Å². The lowest BCUT2D eigenvalue weighted by Gasteiger charge is -2.29. The van der Waals surface area contributed by atoms with Crippen molar-refractivity contribution in [3.63, 3.8) is 0 Å². The molecule has 2 rings (SSSR count). The molecule has 7 heteroatoms. The van der Waals surface area contributed by atoms with Crippen LogP contribution in [0, 0.1) is 0 Å². The lowest BCUT2D eigenvalue weighted by Crippen LogP contribution is -2.49. The number of carbonyl (C=O) groups excluding carboxylic acids is 1. The Kier molecular flexibility index (Phi) is 4.75. The van der Waals surface area contributed by atoms with E-state index in [9.17, 15) is 9.59 Å². The van der Waals surface area contributed by atoms with Gasteiger partial charge < -0.3 is 19.7 Å². The number of hydrogen-bond donors (Lipinski definition) is 2. The number of hydrogen-bond acceptors (Lipinski definition) is 5. The summed E-state index contributed by atoms with van der Waals surface area (Å²) in [6.45, 7) is 3.83. The first-order valence-corrected chi connectivity index (χ1v) is 6.55. The fraction of sp³-hybridized carbons (Fsp3) is 0.538. The van der Waals surface area contributed by atoms with E-state index in [-0.39, 0.29) is 11.7 Å². The van der Waals surface area contributed by atoms with Crippen LogP contribution in [-0.4, -0.2) is 66.6 Å². The second kappa shape index (κ2) is 6.53. The number of nitrogens with zero attached hydrogens (tertiary/aromatic N) is 2. The van der Waals surface area contributed by atoms with E-state index >= 15 is 0 Å². The molecule has 0 aromatic carbocycles. The third-order valence-corrected chi connectivity index (χ3v) is 3.17. The molecule has 0 radical (unpaired) electrons. The Bertz CT molecular complexity index is 480. The highest BCUT2D eigenvalue weighted by Crippen LogP contribution is 2.10. The zero-order valence-corrected chi connectivity index (χ0v) is 11.5. The van der Waals surface area contributed by atoms with E-state index in [1.54, 1.807) is 6.07 Å². The van der Waals surface area contributed by atoms with Gasteiger partial charge in [-0.15, -0.1) is 0 Å². The van der Waals surface area contributed by atoms with Crippen molar-refractivity contribution in [2.24, 2.45) is 0 Å². The first kappa shape index (κ1) is 14.5. The van der Waals surface area contributed by atoms with Crippen LogP contribution in [0.15, 0.2) is 16.5 Å². The Morgan fingerprint density at radius 2 is 2.10 bits per heavy atom. The number of likely N-dealkylation sites (N-methyl/N-ethyl adjacent to an activating group) is 1. The normalized spacial score (nSPS) is 15.6. The number of piperazine rings is 1. The predicted octanol–water partition coefficient (Wildman–Crippen LogP) is -0.159. The van der Waals surface area contributed by atoms with Gasteiger partial charge in [-0.2, -0.15) is 0 Å². The summed E-state index contributed by atoms with van der Waals surface area (Å²) in [6.07, 6.45) is 0. The Hall–Kier alpha value is -1.86. The van der Waals surface area contributed by atoms with E-state index in [4.69, 9.17) is 9.52 Å². The summed E-state index contributed by atoms with van der Waals surface area (Å²) < 4.78 is 5.17. The molecule has 0 bridgehead atoms. The quantitative estimate of drug-likeness (QED) is 0.780. The fourth-order valence-corrected chi connectivity index (χ4v) is 2.14. The summed E-state index contributed by atoms with van der Waals surface area (Å²) in [6, 6.07) is 3.04. The standard InChI is InChI=1S/C13H19N3O4/c1-15(8-10-2-3-11(20-10)13(18)19)9-12(17)16-6-4-14-5-7-16/h2-3,14H,4-9H2,1H3,(H,18,19). The van der Waals surface area contributed by atoms with Gasteiger partial charge in [-0.05, 0) is 19.2 Å². The van der Waals surface area contributed by atoms with Crippen LogP contribution in [0.5, 0.6) is 0 Å². The van der Waals surface area contributed by atoms with Crippen molar-refractivity contribution in [1.29, 1.82) is 0 Å². The molecular weight excluding hydrogens is 262 g/mol. The molecular formula is C13H19N3O4. The van der Waals surface area contributed by atoms with E-state index in [0.29, 0.717) is 18.8 Å². The lowest BCUT2D eigenvalue weighted by atomic mass is 10.3. The monoisotopic (exact) mass is 281 g/mol. The van der Waals surface area contributed by atoms with Gasteiger partial charge in [0.2, 0.25) is 11.7 Å². The SMILES string of the molecule is CN(CC(=O)N1CCNCC1)Cc1ccc(C(=O)O)o1. The van der Waals surface area contributed by atoms with Crippen LogP contribution in [0.2, 0.25) is 0 Å². The molecule has 7 nitrogen and oxygen atoms in total. The molecule has 1 aliphatic rings. The highest BCUT2D eigenvalue weighted by molar-refractivity contribution is 5.84. The van der Waals surface area contributed by atoms with Crippen molar-refractivity contribution in [2.75, 3.05) is 39.8 Å². The number of amides is 1. The largest absolute Gasteiger partial charge is 0.475 e. The Morgan fingerprint density at radius 3 is 2.70 bits per heavy atom. The molecule has 0 unspecified atom stereocenters. The molecule has 1 fully saturated rings. The van der Waals surface area contributed by atoms with Crippen LogP contribution < -0.4 is 5.32 Å². The number of furan rings is 1. The number of carboxylic acid groups (broad SMARTS) is 1. The predicted molar refractivity (Wildman–Crippen MR) is 71.5 cm³/mol. The summed E-state index contributed by atoms with van der Waals surface area (Å²) in [5.41, 5.74) is 0. The first-order valence-electron chi connectivity index (χ1n) is 6.55. The smallest absolute Gasteiger partial charge is 0.371 e. The van der Waals surface area contributed by atoms with Gasteiger partial charge >= 0.3 is 5.97 Å². The maximum Gasteiger partial charge on any atom is 0.371 e. The molecule has 0 saturated carbocycles. The minimum absolute atomic E-state index is 0.0816. The molecule has 2 heterocycles. The van der Waals surface area contributed by atoms with Crippen molar-refractivity contribution < 1.29 is 19.1 Å². The van der Waals surface area contributed by atoms with Crippen LogP contribution in [0.25, 0.3) is 0 Å². The van der Waals surface area contributed by atoms with Gasteiger partial charge in [-0.3, -0.25) is 9.69 Å². The van der Waals surface area contributed by atoms with Gasteiger partial charge in [0.25, 0.3) is 0 Å². The number of rotatable bonds is 5. The van der Waals surface area contributed by atoms with Crippen LogP contribution in [0.4, 0.5) is 0 Å². The number of carboxylic acids is 1. The number of nitrogens with one attached hydrogen (secondary N) is 1.